The van der Waals surface area contributed by atoms with Crippen LogP contribution in [0.2, 0.25) is 0 Å². The first-order valence-electron chi connectivity index (χ1n) is 3.71. The molecule has 4 heteroatoms. The molecule has 68 valence electrons. The third-order valence-corrected chi connectivity index (χ3v) is 4.02. The molecule has 0 bridgehead atoms. The molecule has 1 N–H and O–H groups in total. The smallest absolute Gasteiger partial charge is 0.274 e. The molecular formula is C8H12O3S. The van der Waals surface area contributed by atoms with E-state index in [1.807, 2.05) is 0 Å². The zero-order valence-electron chi connectivity index (χ0n) is 7.06. The fourth-order valence-electron chi connectivity index (χ4n) is 1.14. The van der Waals surface area contributed by atoms with E-state index in [0.29, 0.717) is 0 Å². The SMILES string of the molecule is CC1C=CC=CC1(C)S(=O)(=O)O. The Hall–Kier alpha value is -0.610. The molecule has 0 radical (unpaired) electrons. The van der Waals surface area contributed by atoms with Gasteiger partial charge < -0.3 is 0 Å². The molecule has 0 spiro atoms. The Kier molecular flexibility index (Phi) is 2.14. The maximum Gasteiger partial charge on any atom is 0.274 e. The highest BCUT2D eigenvalue weighted by atomic mass is 32.2. The van der Waals surface area contributed by atoms with Crippen molar-refractivity contribution in [1.29, 1.82) is 0 Å². The molecule has 1 aliphatic carbocycles. The summed E-state index contributed by atoms with van der Waals surface area (Å²) in [6.45, 7) is 3.26. The first-order chi connectivity index (χ1) is 5.38. The lowest BCUT2D eigenvalue weighted by molar-refractivity contribution is 0.426. The molecule has 0 saturated carbocycles. The second-order valence-corrected chi connectivity index (χ2v) is 5.02. The van der Waals surface area contributed by atoms with Crippen LogP contribution < -0.4 is 0 Å². The molecule has 0 aromatic rings. The lowest BCUT2D eigenvalue weighted by atomic mass is 9.91. The number of rotatable bonds is 1. The fourth-order valence-corrected chi connectivity index (χ4v) is 1.94. The van der Waals surface area contributed by atoms with E-state index in [4.69, 9.17) is 4.55 Å². The molecule has 12 heavy (non-hydrogen) atoms. The Labute approximate surface area is 72.5 Å². The van der Waals surface area contributed by atoms with Gasteiger partial charge in [0.2, 0.25) is 0 Å². The van der Waals surface area contributed by atoms with Gasteiger partial charge >= 0.3 is 0 Å². The van der Waals surface area contributed by atoms with Crippen LogP contribution in [0.4, 0.5) is 0 Å². The highest BCUT2D eigenvalue weighted by molar-refractivity contribution is 7.87. The maximum absolute atomic E-state index is 11.0. The molecule has 0 aromatic carbocycles. The van der Waals surface area contributed by atoms with Crippen LogP contribution in [0.3, 0.4) is 0 Å². The largest absolute Gasteiger partial charge is 0.285 e. The second kappa shape index (κ2) is 2.71. The molecule has 0 aromatic heterocycles. The van der Waals surface area contributed by atoms with Crippen LogP contribution in [0.5, 0.6) is 0 Å². The van der Waals surface area contributed by atoms with E-state index < -0.39 is 14.9 Å². The lowest BCUT2D eigenvalue weighted by Crippen LogP contribution is -2.39. The molecule has 0 heterocycles. The van der Waals surface area contributed by atoms with Crippen molar-refractivity contribution in [1.82, 2.24) is 0 Å². The van der Waals surface area contributed by atoms with Gasteiger partial charge in [-0.25, -0.2) is 0 Å². The van der Waals surface area contributed by atoms with Gasteiger partial charge in [0, 0.05) is 0 Å². The molecule has 1 aliphatic rings. The Morgan fingerprint density at radius 1 is 1.42 bits per heavy atom. The molecule has 0 fully saturated rings. The minimum absolute atomic E-state index is 0.197. The molecule has 0 aliphatic heterocycles. The first-order valence-corrected chi connectivity index (χ1v) is 5.15. The molecular weight excluding hydrogens is 176 g/mol. The van der Waals surface area contributed by atoms with Gasteiger partial charge in [0.1, 0.15) is 4.75 Å². The van der Waals surface area contributed by atoms with Crippen molar-refractivity contribution >= 4 is 10.1 Å². The van der Waals surface area contributed by atoms with E-state index in [1.54, 1.807) is 25.2 Å². The van der Waals surface area contributed by atoms with Crippen molar-refractivity contribution < 1.29 is 13.0 Å². The fraction of sp³-hybridized carbons (Fsp3) is 0.500. The van der Waals surface area contributed by atoms with Gasteiger partial charge in [-0.05, 0) is 12.8 Å². The Balaban J connectivity index is 3.16. The van der Waals surface area contributed by atoms with E-state index in [1.165, 1.54) is 13.0 Å². The van der Waals surface area contributed by atoms with Gasteiger partial charge in [0.05, 0.1) is 0 Å². The predicted molar refractivity (Wildman–Crippen MR) is 47.4 cm³/mol. The molecule has 0 amide bonds. The van der Waals surface area contributed by atoms with E-state index in [-0.39, 0.29) is 5.92 Å². The van der Waals surface area contributed by atoms with Gasteiger partial charge in [-0.2, -0.15) is 8.42 Å². The lowest BCUT2D eigenvalue weighted by Gasteiger charge is -2.29. The predicted octanol–water partition coefficient (Wildman–Crippen LogP) is 1.40. The summed E-state index contributed by atoms with van der Waals surface area (Å²) in [5, 5.41) is 0. The summed E-state index contributed by atoms with van der Waals surface area (Å²) in [7, 11) is -4.01. The average molecular weight is 188 g/mol. The number of hydrogen-bond acceptors (Lipinski definition) is 2. The average Bonchev–Trinajstić information content (AvgIpc) is 1.93. The Bertz CT molecular complexity index is 326. The molecule has 0 saturated heterocycles. The molecule has 3 nitrogen and oxygen atoms in total. The van der Waals surface area contributed by atoms with Crippen LogP contribution in [0.15, 0.2) is 24.3 Å². The van der Waals surface area contributed by atoms with Crippen LogP contribution in [0.1, 0.15) is 13.8 Å². The van der Waals surface area contributed by atoms with Gasteiger partial charge in [0.25, 0.3) is 10.1 Å². The minimum atomic E-state index is -4.01. The van der Waals surface area contributed by atoms with Crippen molar-refractivity contribution in [2.75, 3.05) is 0 Å². The van der Waals surface area contributed by atoms with Crippen molar-refractivity contribution in [3.63, 3.8) is 0 Å². The second-order valence-electron chi connectivity index (χ2n) is 3.19. The van der Waals surface area contributed by atoms with E-state index in [0.717, 1.165) is 0 Å². The van der Waals surface area contributed by atoms with Crippen LogP contribution in [0, 0.1) is 5.92 Å². The van der Waals surface area contributed by atoms with Gasteiger partial charge in [-0.3, -0.25) is 4.55 Å². The Morgan fingerprint density at radius 3 is 2.33 bits per heavy atom. The van der Waals surface area contributed by atoms with Gasteiger partial charge in [0.15, 0.2) is 0 Å². The standard InChI is InChI=1S/C8H12O3S/c1-7-5-3-4-6-8(7,2)12(9,10)11/h3-7H,1-2H3,(H,9,10,11). The summed E-state index contributed by atoms with van der Waals surface area (Å²) in [6.07, 6.45) is 6.67. The topological polar surface area (TPSA) is 54.4 Å². The minimum Gasteiger partial charge on any atom is -0.285 e. The highest BCUT2D eigenvalue weighted by Gasteiger charge is 2.40. The summed E-state index contributed by atoms with van der Waals surface area (Å²) in [5.41, 5.74) is 0. The molecule has 2 unspecified atom stereocenters. The van der Waals surface area contributed by atoms with E-state index in [2.05, 4.69) is 0 Å². The number of hydrogen-bond donors (Lipinski definition) is 1. The van der Waals surface area contributed by atoms with Crippen LogP contribution in [-0.4, -0.2) is 17.7 Å². The highest BCUT2D eigenvalue weighted by Crippen LogP contribution is 2.30. The van der Waals surface area contributed by atoms with E-state index >= 15 is 0 Å². The van der Waals surface area contributed by atoms with Crippen molar-refractivity contribution in [3.05, 3.63) is 24.3 Å². The van der Waals surface area contributed by atoms with Crippen molar-refractivity contribution in [2.24, 2.45) is 5.92 Å². The summed E-state index contributed by atoms with van der Waals surface area (Å²) in [4.78, 5) is 0. The van der Waals surface area contributed by atoms with Crippen molar-refractivity contribution in [3.8, 4) is 0 Å². The van der Waals surface area contributed by atoms with Crippen LogP contribution >= 0.6 is 0 Å². The monoisotopic (exact) mass is 188 g/mol. The summed E-state index contributed by atoms with van der Waals surface area (Å²) < 4.78 is 29.8. The van der Waals surface area contributed by atoms with E-state index in [9.17, 15) is 8.42 Å². The third-order valence-electron chi connectivity index (χ3n) is 2.40. The maximum atomic E-state index is 11.0. The summed E-state index contributed by atoms with van der Waals surface area (Å²) in [5.74, 6) is -0.197. The quantitative estimate of drug-likeness (QED) is 0.633. The Morgan fingerprint density at radius 2 is 2.00 bits per heavy atom. The summed E-state index contributed by atoms with van der Waals surface area (Å²) >= 11 is 0. The third kappa shape index (κ3) is 1.32. The van der Waals surface area contributed by atoms with Crippen LogP contribution in [0.25, 0.3) is 0 Å². The first kappa shape index (κ1) is 9.48. The zero-order valence-corrected chi connectivity index (χ0v) is 7.88. The normalized spacial score (nSPS) is 35.4. The summed E-state index contributed by atoms with van der Waals surface area (Å²) in [6, 6.07) is 0. The number of allylic oxidation sites excluding steroid dienone is 3. The zero-order chi connectivity index (χ0) is 9.41. The van der Waals surface area contributed by atoms with Crippen molar-refractivity contribution in [2.45, 2.75) is 18.6 Å². The molecule has 1 rings (SSSR count). The van der Waals surface area contributed by atoms with Gasteiger partial charge in [-0.1, -0.05) is 31.2 Å². The molecule has 2 atom stereocenters. The van der Waals surface area contributed by atoms with Gasteiger partial charge in [-0.15, -0.1) is 0 Å². The van der Waals surface area contributed by atoms with Crippen LogP contribution in [-0.2, 0) is 10.1 Å².